The van der Waals surface area contributed by atoms with Gasteiger partial charge in [0.05, 0.1) is 0 Å². The van der Waals surface area contributed by atoms with Crippen LogP contribution in [0.4, 0.5) is 4.39 Å². The van der Waals surface area contributed by atoms with Crippen molar-refractivity contribution in [2.45, 2.75) is 11.2 Å². The van der Waals surface area contributed by atoms with Crippen LogP contribution in [0.15, 0.2) is 51.4 Å². The lowest BCUT2D eigenvalue weighted by molar-refractivity contribution is 0.606. The lowest BCUT2D eigenvalue weighted by Gasteiger charge is -2.13. The van der Waals surface area contributed by atoms with Crippen LogP contribution in [-0.4, -0.2) is 0 Å². The lowest BCUT2D eigenvalue weighted by Crippen LogP contribution is -1.99. The lowest BCUT2D eigenvalue weighted by atomic mass is 10.0. The molecule has 0 radical (unpaired) electrons. The van der Waals surface area contributed by atoms with Crippen LogP contribution in [0.25, 0.3) is 0 Å². The van der Waals surface area contributed by atoms with Crippen molar-refractivity contribution in [1.82, 2.24) is 0 Å². The molecule has 0 aliphatic carbocycles. The van der Waals surface area contributed by atoms with E-state index in [1.54, 1.807) is 6.07 Å². The van der Waals surface area contributed by atoms with Crippen molar-refractivity contribution in [3.8, 4) is 0 Å². The molecule has 0 saturated carbocycles. The van der Waals surface area contributed by atoms with Gasteiger partial charge in [0.1, 0.15) is 5.82 Å². The van der Waals surface area contributed by atoms with Crippen LogP contribution in [0, 0.1) is 5.82 Å². The Bertz CT molecular complexity index is 534. The Morgan fingerprint density at radius 1 is 1.06 bits per heavy atom. The Morgan fingerprint density at radius 2 is 1.78 bits per heavy atom. The SMILES string of the molecule is Fc1cccc(Br)c1C(Br)Cc1cccc(Br)c1. The Balaban J connectivity index is 2.25. The van der Waals surface area contributed by atoms with Crippen LogP contribution in [0.1, 0.15) is 16.0 Å². The molecule has 0 saturated heterocycles. The molecule has 0 nitrogen and oxygen atoms in total. The monoisotopic (exact) mass is 434 g/mol. The van der Waals surface area contributed by atoms with Crippen molar-refractivity contribution in [1.29, 1.82) is 0 Å². The maximum absolute atomic E-state index is 13.8. The van der Waals surface area contributed by atoms with Crippen molar-refractivity contribution in [2.24, 2.45) is 0 Å². The van der Waals surface area contributed by atoms with Gasteiger partial charge in [-0.15, -0.1) is 0 Å². The molecular formula is C14H10Br3F. The zero-order valence-electron chi connectivity index (χ0n) is 9.34. The van der Waals surface area contributed by atoms with Crippen molar-refractivity contribution in [3.05, 3.63) is 68.4 Å². The summed E-state index contributed by atoms with van der Waals surface area (Å²) in [4.78, 5) is -0.0534. The standard InChI is InChI=1S/C14H10Br3F/c15-10-4-1-3-9(7-10)8-12(17)14-11(16)5-2-6-13(14)18/h1-7,12H,8H2. The molecule has 0 aliphatic heterocycles. The number of halogens is 4. The molecule has 0 amide bonds. The van der Waals surface area contributed by atoms with Crippen LogP contribution in [0.2, 0.25) is 0 Å². The number of benzene rings is 2. The number of hydrogen-bond donors (Lipinski definition) is 0. The Labute approximate surface area is 131 Å². The molecule has 0 N–H and O–H groups in total. The van der Waals surface area contributed by atoms with Crippen molar-refractivity contribution >= 4 is 47.8 Å². The zero-order chi connectivity index (χ0) is 13.1. The fraction of sp³-hybridized carbons (Fsp3) is 0.143. The third kappa shape index (κ3) is 3.43. The minimum absolute atomic E-state index is 0.0534. The molecule has 0 heterocycles. The summed E-state index contributed by atoms with van der Waals surface area (Å²) < 4.78 is 15.6. The smallest absolute Gasteiger partial charge is 0.128 e. The van der Waals surface area contributed by atoms with Gasteiger partial charge in [0.2, 0.25) is 0 Å². The maximum Gasteiger partial charge on any atom is 0.128 e. The van der Waals surface area contributed by atoms with Gasteiger partial charge in [-0.05, 0) is 36.2 Å². The predicted octanol–water partition coefficient (Wildman–Crippen LogP) is 6.03. The second-order valence-electron chi connectivity index (χ2n) is 3.94. The second-order valence-corrected chi connectivity index (χ2v) is 6.81. The summed E-state index contributed by atoms with van der Waals surface area (Å²) in [6.07, 6.45) is 0.735. The van der Waals surface area contributed by atoms with Gasteiger partial charge in [0, 0.05) is 19.3 Å². The predicted molar refractivity (Wildman–Crippen MR) is 83.6 cm³/mol. The highest BCUT2D eigenvalue weighted by Crippen LogP contribution is 2.34. The first kappa shape index (κ1) is 14.2. The molecule has 0 spiro atoms. The number of hydrogen-bond acceptors (Lipinski definition) is 0. The van der Waals surface area contributed by atoms with Gasteiger partial charge in [-0.25, -0.2) is 4.39 Å². The number of alkyl halides is 1. The first-order valence-corrected chi connectivity index (χ1v) is 7.90. The van der Waals surface area contributed by atoms with Crippen LogP contribution >= 0.6 is 47.8 Å². The van der Waals surface area contributed by atoms with Gasteiger partial charge in [-0.3, -0.25) is 0 Å². The molecule has 94 valence electrons. The van der Waals surface area contributed by atoms with E-state index >= 15 is 0 Å². The van der Waals surface area contributed by atoms with Crippen LogP contribution in [0.3, 0.4) is 0 Å². The fourth-order valence-corrected chi connectivity index (χ4v) is 3.99. The van der Waals surface area contributed by atoms with E-state index in [1.807, 2.05) is 30.3 Å². The highest BCUT2D eigenvalue weighted by molar-refractivity contribution is 9.11. The summed E-state index contributed by atoms with van der Waals surface area (Å²) in [5.74, 6) is -0.193. The average Bonchev–Trinajstić information content (AvgIpc) is 2.28. The normalized spacial score (nSPS) is 12.4. The molecule has 2 rings (SSSR count). The summed E-state index contributed by atoms with van der Waals surface area (Å²) >= 11 is 10.4. The van der Waals surface area contributed by atoms with E-state index in [0.29, 0.717) is 5.56 Å². The molecular weight excluding hydrogens is 427 g/mol. The van der Waals surface area contributed by atoms with E-state index in [4.69, 9.17) is 0 Å². The summed E-state index contributed by atoms with van der Waals surface area (Å²) in [5.41, 5.74) is 1.82. The first-order chi connectivity index (χ1) is 8.58. The first-order valence-electron chi connectivity index (χ1n) is 5.40. The Hall–Kier alpha value is -0.190. The van der Waals surface area contributed by atoms with Crippen LogP contribution < -0.4 is 0 Å². The minimum atomic E-state index is -0.193. The van der Waals surface area contributed by atoms with E-state index in [9.17, 15) is 4.39 Å². The summed E-state index contributed by atoms with van der Waals surface area (Å²) in [5, 5.41) is 0. The molecule has 0 aromatic heterocycles. The van der Waals surface area contributed by atoms with Crippen molar-refractivity contribution < 1.29 is 4.39 Å². The Morgan fingerprint density at radius 3 is 2.44 bits per heavy atom. The van der Waals surface area contributed by atoms with Crippen LogP contribution in [0.5, 0.6) is 0 Å². The quantitative estimate of drug-likeness (QED) is 0.515. The van der Waals surface area contributed by atoms with Crippen molar-refractivity contribution in [2.75, 3.05) is 0 Å². The van der Waals surface area contributed by atoms with Gasteiger partial charge in [0.15, 0.2) is 0 Å². The molecule has 0 fully saturated rings. The van der Waals surface area contributed by atoms with Gasteiger partial charge in [0.25, 0.3) is 0 Å². The molecule has 1 unspecified atom stereocenters. The fourth-order valence-electron chi connectivity index (χ4n) is 1.78. The van der Waals surface area contributed by atoms with Crippen LogP contribution in [-0.2, 0) is 6.42 Å². The topological polar surface area (TPSA) is 0 Å². The van der Waals surface area contributed by atoms with E-state index < -0.39 is 0 Å². The highest BCUT2D eigenvalue weighted by Gasteiger charge is 2.16. The summed E-state index contributed by atoms with van der Waals surface area (Å²) in [6.45, 7) is 0. The largest absolute Gasteiger partial charge is 0.207 e. The van der Waals surface area contributed by atoms with E-state index in [-0.39, 0.29) is 10.6 Å². The summed E-state index contributed by atoms with van der Waals surface area (Å²) in [6, 6.07) is 13.1. The van der Waals surface area contributed by atoms with E-state index in [2.05, 4.69) is 47.8 Å². The van der Waals surface area contributed by atoms with Gasteiger partial charge in [-0.2, -0.15) is 0 Å². The number of rotatable bonds is 3. The molecule has 2 aromatic rings. The third-order valence-corrected chi connectivity index (χ3v) is 4.58. The van der Waals surface area contributed by atoms with Gasteiger partial charge < -0.3 is 0 Å². The van der Waals surface area contributed by atoms with E-state index in [1.165, 1.54) is 6.07 Å². The second kappa shape index (κ2) is 6.31. The molecule has 4 heteroatoms. The molecule has 2 aromatic carbocycles. The minimum Gasteiger partial charge on any atom is -0.207 e. The third-order valence-electron chi connectivity index (χ3n) is 2.62. The zero-order valence-corrected chi connectivity index (χ0v) is 14.1. The molecule has 0 bridgehead atoms. The summed E-state index contributed by atoms with van der Waals surface area (Å²) in [7, 11) is 0. The average molecular weight is 437 g/mol. The highest BCUT2D eigenvalue weighted by atomic mass is 79.9. The Kier molecular flexibility index (Phi) is 4.98. The van der Waals surface area contributed by atoms with Gasteiger partial charge in [-0.1, -0.05) is 66.0 Å². The molecule has 18 heavy (non-hydrogen) atoms. The molecule has 0 aliphatic rings. The van der Waals surface area contributed by atoms with Crippen molar-refractivity contribution in [3.63, 3.8) is 0 Å². The molecule has 1 atom stereocenters. The van der Waals surface area contributed by atoms with E-state index in [0.717, 1.165) is 20.9 Å². The maximum atomic E-state index is 13.8. The van der Waals surface area contributed by atoms with Gasteiger partial charge >= 0.3 is 0 Å².